The fourth-order valence-electron chi connectivity index (χ4n) is 3.79. The fourth-order valence-corrected chi connectivity index (χ4v) is 4.51. The van der Waals surface area contributed by atoms with E-state index in [0.717, 1.165) is 15.8 Å². The first kappa shape index (κ1) is 19.7. The molecule has 0 saturated carbocycles. The maximum atomic E-state index is 12.3. The molecule has 2 amide bonds. The van der Waals surface area contributed by atoms with Crippen LogP contribution in [0.1, 0.15) is 27.2 Å². The van der Waals surface area contributed by atoms with Crippen LogP contribution < -0.4 is 20.1 Å². The van der Waals surface area contributed by atoms with Crippen LogP contribution in [0.2, 0.25) is 0 Å². The van der Waals surface area contributed by atoms with Crippen LogP contribution in [-0.2, 0) is 9.59 Å². The Hall–Kier alpha value is -3.20. The molecule has 0 unspecified atom stereocenters. The van der Waals surface area contributed by atoms with E-state index >= 15 is 0 Å². The van der Waals surface area contributed by atoms with Gasteiger partial charge < -0.3 is 20.1 Å². The molecule has 2 atom stereocenters. The third-order valence-electron chi connectivity index (χ3n) is 5.68. The summed E-state index contributed by atoms with van der Waals surface area (Å²) in [5.74, 6) is 1.58. The SMILES string of the molecule is C[C@@H](Oc1cc(-c2ccc3c(n2)NC(=O)C(C)(C)O3)cc2ncsc12)[C@H]1CNC(=O)C1. The second-order valence-electron chi connectivity index (χ2n) is 8.38. The summed E-state index contributed by atoms with van der Waals surface area (Å²) in [7, 11) is 0. The maximum absolute atomic E-state index is 12.3. The lowest BCUT2D eigenvalue weighted by molar-refractivity contribution is -0.129. The van der Waals surface area contributed by atoms with Gasteiger partial charge in [-0.25, -0.2) is 9.97 Å². The van der Waals surface area contributed by atoms with Crippen molar-refractivity contribution in [2.45, 2.75) is 38.9 Å². The molecule has 2 aliphatic rings. The molecule has 0 spiro atoms. The Morgan fingerprint density at radius 3 is 2.90 bits per heavy atom. The predicted molar refractivity (Wildman–Crippen MR) is 117 cm³/mol. The van der Waals surface area contributed by atoms with Gasteiger partial charge in [-0.1, -0.05) is 0 Å². The van der Waals surface area contributed by atoms with E-state index < -0.39 is 5.60 Å². The van der Waals surface area contributed by atoms with E-state index in [1.807, 2.05) is 31.2 Å². The molecule has 0 aliphatic carbocycles. The molecule has 0 radical (unpaired) electrons. The van der Waals surface area contributed by atoms with Gasteiger partial charge in [0.1, 0.15) is 11.9 Å². The van der Waals surface area contributed by atoms with E-state index in [0.29, 0.717) is 36.0 Å². The number of thiazole rings is 1. The number of benzene rings is 1. The molecule has 1 fully saturated rings. The van der Waals surface area contributed by atoms with Gasteiger partial charge in [0.15, 0.2) is 17.2 Å². The van der Waals surface area contributed by atoms with E-state index in [4.69, 9.17) is 9.47 Å². The number of hydrogen-bond acceptors (Lipinski definition) is 7. The number of nitrogens with one attached hydrogen (secondary N) is 2. The second kappa shape index (κ2) is 7.19. The number of nitrogens with zero attached hydrogens (tertiary/aromatic N) is 2. The van der Waals surface area contributed by atoms with E-state index in [9.17, 15) is 9.59 Å². The number of rotatable bonds is 4. The second-order valence-corrected chi connectivity index (χ2v) is 9.23. The number of aromatic nitrogens is 2. The lowest BCUT2D eigenvalue weighted by Crippen LogP contribution is -2.46. The van der Waals surface area contributed by atoms with Gasteiger partial charge in [0.05, 0.1) is 21.4 Å². The summed E-state index contributed by atoms with van der Waals surface area (Å²) in [4.78, 5) is 32.9. The lowest BCUT2D eigenvalue weighted by Gasteiger charge is -2.30. The zero-order chi connectivity index (χ0) is 21.8. The van der Waals surface area contributed by atoms with Gasteiger partial charge >= 0.3 is 0 Å². The third kappa shape index (κ3) is 3.59. The summed E-state index contributed by atoms with van der Waals surface area (Å²) in [6.07, 6.45) is 0.334. The number of fused-ring (bicyclic) bond motifs is 2. The summed E-state index contributed by atoms with van der Waals surface area (Å²) in [5.41, 5.74) is 3.15. The number of anilines is 1. The zero-order valence-electron chi connectivity index (χ0n) is 17.4. The molecule has 160 valence electrons. The Morgan fingerprint density at radius 1 is 1.29 bits per heavy atom. The molecule has 2 aliphatic heterocycles. The molecule has 2 aromatic heterocycles. The van der Waals surface area contributed by atoms with Crippen molar-refractivity contribution >= 4 is 39.2 Å². The number of carbonyl (C=O) groups is 2. The minimum Gasteiger partial charge on any atom is -0.489 e. The van der Waals surface area contributed by atoms with Crippen LogP contribution in [0.4, 0.5) is 5.82 Å². The highest BCUT2D eigenvalue weighted by molar-refractivity contribution is 7.17. The van der Waals surface area contributed by atoms with Crippen LogP contribution in [-0.4, -0.2) is 40.0 Å². The van der Waals surface area contributed by atoms with Crippen molar-refractivity contribution in [1.82, 2.24) is 15.3 Å². The number of pyridine rings is 1. The molecule has 1 aromatic carbocycles. The van der Waals surface area contributed by atoms with Gasteiger partial charge in [-0.15, -0.1) is 11.3 Å². The van der Waals surface area contributed by atoms with Crippen molar-refractivity contribution < 1.29 is 19.1 Å². The molecule has 1 saturated heterocycles. The van der Waals surface area contributed by atoms with Crippen LogP contribution in [0, 0.1) is 5.92 Å². The largest absolute Gasteiger partial charge is 0.489 e. The number of ether oxygens (including phenoxy) is 2. The molecular weight excluding hydrogens is 416 g/mol. The fraction of sp³-hybridized carbons (Fsp3) is 0.364. The van der Waals surface area contributed by atoms with Crippen molar-refractivity contribution in [3.8, 4) is 22.8 Å². The Bertz CT molecular complexity index is 1210. The van der Waals surface area contributed by atoms with E-state index in [1.54, 1.807) is 19.4 Å². The highest BCUT2D eigenvalue weighted by Crippen LogP contribution is 2.38. The quantitative estimate of drug-likeness (QED) is 0.648. The van der Waals surface area contributed by atoms with E-state index in [2.05, 4.69) is 20.6 Å². The van der Waals surface area contributed by atoms with Crippen molar-refractivity contribution in [3.05, 3.63) is 29.8 Å². The molecular formula is C22H22N4O4S. The van der Waals surface area contributed by atoms with Crippen LogP contribution in [0.25, 0.3) is 21.5 Å². The first-order valence-corrected chi connectivity index (χ1v) is 11.0. The van der Waals surface area contributed by atoms with Gasteiger partial charge in [0.25, 0.3) is 5.91 Å². The molecule has 2 N–H and O–H groups in total. The highest BCUT2D eigenvalue weighted by Gasteiger charge is 2.36. The van der Waals surface area contributed by atoms with Crippen LogP contribution in [0.15, 0.2) is 29.8 Å². The Kier molecular flexibility index (Phi) is 4.58. The highest BCUT2D eigenvalue weighted by atomic mass is 32.1. The summed E-state index contributed by atoms with van der Waals surface area (Å²) < 4.78 is 13.0. The van der Waals surface area contributed by atoms with Crippen molar-refractivity contribution in [3.63, 3.8) is 0 Å². The standard InChI is InChI=1S/C22H22N4O4S/c1-11(13-8-18(27)23-9-13)29-17-7-12(6-15-19(17)31-10-24-15)14-4-5-16-20(25-14)26-21(28)22(2,3)30-16/h4-7,10-11,13H,8-9H2,1-3H3,(H,23,27)(H,25,26,28)/t11-,13-/m1/s1. The average molecular weight is 439 g/mol. The van der Waals surface area contributed by atoms with Gasteiger partial charge in [-0.2, -0.15) is 0 Å². The monoisotopic (exact) mass is 438 g/mol. The van der Waals surface area contributed by atoms with Gasteiger partial charge in [-0.05, 0) is 45.0 Å². The maximum Gasteiger partial charge on any atom is 0.269 e. The molecule has 8 nitrogen and oxygen atoms in total. The Morgan fingerprint density at radius 2 is 2.13 bits per heavy atom. The summed E-state index contributed by atoms with van der Waals surface area (Å²) in [6.45, 7) is 6.03. The molecule has 5 rings (SSSR count). The Balaban J connectivity index is 1.49. The number of hydrogen-bond donors (Lipinski definition) is 2. The number of amides is 2. The number of carbonyl (C=O) groups excluding carboxylic acids is 2. The van der Waals surface area contributed by atoms with Crippen LogP contribution >= 0.6 is 11.3 Å². The summed E-state index contributed by atoms with van der Waals surface area (Å²) in [5, 5.41) is 5.68. The van der Waals surface area contributed by atoms with Crippen molar-refractivity contribution in [1.29, 1.82) is 0 Å². The first-order chi connectivity index (χ1) is 14.8. The first-order valence-electron chi connectivity index (χ1n) is 10.1. The average Bonchev–Trinajstić information content (AvgIpc) is 3.37. The van der Waals surface area contributed by atoms with Gasteiger partial charge in [-0.3, -0.25) is 9.59 Å². The topological polar surface area (TPSA) is 102 Å². The molecule has 3 aromatic rings. The normalized spacial score (nSPS) is 20.5. The Labute approximate surface area is 183 Å². The van der Waals surface area contributed by atoms with E-state index in [-0.39, 0.29) is 23.8 Å². The van der Waals surface area contributed by atoms with Crippen LogP contribution in [0.5, 0.6) is 11.5 Å². The minimum absolute atomic E-state index is 0.0582. The lowest BCUT2D eigenvalue weighted by atomic mass is 10.0. The molecule has 9 heteroatoms. The van der Waals surface area contributed by atoms with Crippen molar-refractivity contribution in [2.24, 2.45) is 5.92 Å². The van der Waals surface area contributed by atoms with Crippen molar-refractivity contribution in [2.75, 3.05) is 11.9 Å². The predicted octanol–water partition coefficient (Wildman–Crippen LogP) is 3.37. The molecule has 4 heterocycles. The molecule has 0 bridgehead atoms. The summed E-state index contributed by atoms with van der Waals surface area (Å²) in [6, 6.07) is 7.55. The van der Waals surface area contributed by atoms with Gasteiger partial charge in [0.2, 0.25) is 5.91 Å². The smallest absolute Gasteiger partial charge is 0.269 e. The van der Waals surface area contributed by atoms with Crippen LogP contribution in [0.3, 0.4) is 0 Å². The minimum atomic E-state index is -0.941. The third-order valence-corrected chi connectivity index (χ3v) is 6.54. The zero-order valence-corrected chi connectivity index (χ0v) is 18.2. The van der Waals surface area contributed by atoms with Gasteiger partial charge in [0, 0.05) is 24.4 Å². The summed E-state index contributed by atoms with van der Waals surface area (Å²) >= 11 is 1.51. The van der Waals surface area contributed by atoms with E-state index in [1.165, 1.54) is 11.3 Å². The molecule has 31 heavy (non-hydrogen) atoms.